The second-order valence-electron chi connectivity index (χ2n) is 11.1. The maximum Gasteiger partial charge on any atom is 0.247 e. The first-order chi connectivity index (χ1) is 19.2. The van der Waals surface area contributed by atoms with Crippen molar-refractivity contribution in [2.24, 2.45) is 11.8 Å². The first-order valence-corrected chi connectivity index (χ1v) is 15.2. The number of thioether (sulfide) groups is 1. The van der Waals surface area contributed by atoms with Gasteiger partial charge in [0.2, 0.25) is 17.7 Å². The number of amides is 3. The van der Waals surface area contributed by atoms with Gasteiger partial charge in [0.15, 0.2) is 0 Å². The fourth-order valence-electron chi connectivity index (χ4n) is 6.91. The number of β-amino-alcohol motifs (C(OH)–C–C–N with tert-alkyl or cyclic N) is 1. The minimum atomic E-state index is -0.725. The number of nitrogens with zero attached hydrogens (tertiary/aromatic N) is 3. The van der Waals surface area contributed by atoms with E-state index >= 15 is 0 Å². The average Bonchev–Trinajstić information content (AvgIpc) is 3.51. The van der Waals surface area contributed by atoms with Crippen LogP contribution in [-0.4, -0.2) is 87.6 Å². The number of benzene rings is 1. The molecule has 0 radical (unpaired) electrons. The van der Waals surface area contributed by atoms with Gasteiger partial charge in [0.1, 0.15) is 11.8 Å². The van der Waals surface area contributed by atoms with Crippen LogP contribution in [0.5, 0.6) is 5.75 Å². The minimum Gasteiger partial charge on any atom is -0.494 e. The van der Waals surface area contributed by atoms with E-state index in [1.54, 1.807) is 38.6 Å². The van der Waals surface area contributed by atoms with Crippen LogP contribution in [0.2, 0.25) is 0 Å². The van der Waals surface area contributed by atoms with Gasteiger partial charge < -0.3 is 24.5 Å². The zero-order valence-corrected chi connectivity index (χ0v) is 24.8. The molecule has 3 amide bonds. The molecule has 3 fully saturated rings. The van der Waals surface area contributed by atoms with Crippen LogP contribution in [0.15, 0.2) is 49.6 Å². The number of anilines is 1. The van der Waals surface area contributed by atoms with E-state index in [0.29, 0.717) is 38.3 Å². The van der Waals surface area contributed by atoms with E-state index in [4.69, 9.17) is 4.74 Å². The first kappa shape index (κ1) is 30.2. The van der Waals surface area contributed by atoms with Crippen LogP contribution in [0.3, 0.4) is 0 Å². The summed E-state index contributed by atoms with van der Waals surface area (Å²) < 4.78 is 4.37. The molecular formula is C31H43N3O5S. The van der Waals surface area contributed by atoms with Crippen molar-refractivity contribution < 1.29 is 24.2 Å². The molecule has 0 saturated carbocycles. The van der Waals surface area contributed by atoms with E-state index in [-0.39, 0.29) is 30.9 Å². The Kier molecular flexibility index (Phi) is 9.35. The summed E-state index contributed by atoms with van der Waals surface area (Å²) in [6.45, 7) is 15.4. The monoisotopic (exact) mass is 569 g/mol. The van der Waals surface area contributed by atoms with E-state index in [0.717, 1.165) is 25.0 Å². The number of likely N-dealkylation sites (tertiary alicyclic amines) is 1. The Morgan fingerprint density at radius 2 is 1.85 bits per heavy atom. The van der Waals surface area contributed by atoms with E-state index in [1.165, 1.54) is 0 Å². The molecule has 3 saturated heterocycles. The number of ether oxygens (including phenoxy) is 1. The van der Waals surface area contributed by atoms with Crippen molar-refractivity contribution in [2.45, 2.75) is 62.0 Å². The summed E-state index contributed by atoms with van der Waals surface area (Å²) in [5.74, 6) is -0.982. The zero-order chi connectivity index (χ0) is 29.1. The highest BCUT2D eigenvalue weighted by atomic mass is 32.2. The summed E-state index contributed by atoms with van der Waals surface area (Å²) in [6, 6.07) is 6.66. The van der Waals surface area contributed by atoms with Gasteiger partial charge in [-0.1, -0.05) is 25.5 Å². The Labute approximate surface area is 242 Å². The normalized spacial score (nSPS) is 28.4. The van der Waals surface area contributed by atoms with Gasteiger partial charge in [-0.3, -0.25) is 14.4 Å². The molecule has 0 aliphatic carbocycles. The van der Waals surface area contributed by atoms with Crippen molar-refractivity contribution >= 4 is 35.2 Å². The molecule has 3 aliphatic heterocycles. The predicted octanol–water partition coefficient (Wildman–Crippen LogP) is 3.89. The largest absolute Gasteiger partial charge is 0.494 e. The van der Waals surface area contributed by atoms with Gasteiger partial charge in [0.05, 0.1) is 29.8 Å². The third-order valence-electron chi connectivity index (χ3n) is 8.60. The minimum absolute atomic E-state index is 0.0661. The van der Waals surface area contributed by atoms with Gasteiger partial charge in [0, 0.05) is 36.6 Å². The van der Waals surface area contributed by atoms with Crippen LogP contribution < -0.4 is 9.64 Å². The number of unbranched alkanes of at least 4 members (excludes halogenated alkanes) is 1. The molecule has 218 valence electrons. The molecular weight excluding hydrogens is 526 g/mol. The van der Waals surface area contributed by atoms with Crippen molar-refractivity contribution in [3.05, 3.63) is 49.6 Å². The van der Waals surface area contributed by atoms with E-state index in [9.17, 15) is 19.5 Å². The number of hydrogen-bond acceptors (Lipinski definition) is 6. The van der Waals surface area contributed by atoms with Crippen LogP contribution in [0.1, 0.15) is 46.5 Å². The van der Waals surface area contributed by atoms with Crippen molar-refractivity contribution in [3.63, 3.8) is 0 Å². The molecule has 40 heavy (non-hydrogen) atoms. The third-order valence-corrected chi connectivity index (χ3v) is 10.6. The molecule has 1 N–H and O–H groups in total. The lowest BCUT2D eigenvalue weighted by atomic mass is 9.66. The molecule has 3 heterocycles. The molecule has 4 rings (SSSR count). The van der Waals surface area contributed by atoms with Crippen molar-refractivity contribution in [1.29, 1.82) is 0 Å². The molecule has 8 nitrogen and oxygen atoms in total. The van der Waals surface area contributed by atoms with Gasteiger partial charge in [0.25, 0.3) is 0 Å². The maximum atomic E-state index is 14.5. The maximum absolute atomic E-state index is 14.5. The standard InChI is InChI=1S/C31H43N3O5S/c1-6-10-19-32(17-7-2)29(38)26-31-16-15-30(5,40-31)24(25(31)28(37)34(26)20-21-35)27(36)33(18-8-3)22-11-13-23(14-12-22)39-9-4/h7-8,11-14,24-26,35H,2-3,6,9-10,15-21H2,1,4-5H3/t24-,25+,26?,30+,31?/m1/s1. The van der Waals surface area contributed by atoms with Crippen molar-refractivity contribution in [1.82, 2.24) is 9.80 Å². The number of aliphatic hydroxyl groups excluding tert-OH is 1. The highest BCUT2D eigenvalue weighted by Crippen LogP contribution is 2.71. The second-order valence-corrected chi connectivity index (χ2v) is 13.0. The van der Waals surface area contributed by atoms with E-state index < -0.39 is 27.4 Å². The summed E-state index contributed by atoms with van der Waals surface area (Å²) in [5, 5.41) is 9.91. The predicted molar refractivity (Wildman–Crippen MR) is 159 cm³/mol. The Morgan fingerprint density at radius 3 is 2.45 bits per heavy atom. The molecule has 1 aromatic rings. The van der Waals surface area contributed by atoms with Gasteiger partial charge in [-0.15, -0.1) is 24.9 Å². The van der Waals surface area contributed by atoms with E-state index in [1.807, 2.05) is 31.2 Å². The van der Waals surface area contributed by atoms with Crippen LogP contribution >= 0.6 is 11.8 Å². The Hall–Kier alpha value is -2.78. The quantitative estimate of drug-likeness (QED) is 0.342. The van der Waals surface area contributed by atoms with E-state index in [2.05, 4.69) is 27.0 Å². The number of hydrogen-bond donors (Lipinski definition) is 1. The second kappa shape index (κ2) is 12.4. The molecule has 2 bridgehead atoms. The van der Waals surface area contributed by atoms with Crippen LogP contribution in [0, 0.1) is 11.8 Å². The molecule has 9 heteroatoms. The highest BCUT2D eigenvalue weighted by molar-refractivity contribution is 8.02. The molecule has 5 atom stereocenters. The fraction of sp³-hybridized carbons (Fsp3) is 0.581. The number of rotatable bonds is 14. The topological polar surface area (TPSA) is 90.4 Å². The lowest BCUT2D eigenvalue weighted by Gasteiger charge is -2.38. The molecule has 0 aromatic heterocycles. The van der Waals surface area contributed by atoms with Crippen molar-refractivity contribution in [2.75, 3.05) is 44.3 Å². The zero-order valence-electron chi connectivity index (χ0n) is 24.0. The lowest BCUT2D eigenvalue weighted by molar-refractivity contribution is -0.143. The number of carbonyl (C=O) groups excluding carboxylic acids is 3. The third kappa shape index (κ3) is 5.07. The number of fused-ring (bicyclic) bond motifs is 1. The summed E-state index contributed by atoms with van der Waals surface area (Å²) in [4.78, 5) is 47.8. The molecule has 1 aromatic carbocycles. The summed E-state index contributed by atoms with van der Waals surface area (Å²) in [7, 11) is 0. The van der Waals surface area contributed by atoms with Crippen molar-refractivity contribution in [3.8, 4) is 5.75 Å². The molecule has 1 spiro atoms. The van der Waals surface area contributed by atoms with Crippen LogP contribution in [0.4, 0.5) is 5.69 Å². The molecule has 2 unspecified atom stereocenters. The molecule has 3 aliphatic rings. The van der Waals surface area contributed by atoms with Gasteiger partial charge in [-0.05, 0) is 57.4 Å². The summed E-state index contributed by atoms with van der Waals surface area (Å²) >= 11 is 1.65. The average molecular weight is 570 g/mol. The highest BCUT2D eigenvalue weighted by Gasteiger charge is 2.77. The Bertz CT molecular complexity index is 1130. The van der Waals surface area contributed by atoms with Crippen LogP contribution in [-0.2, 0) is 14.4 Å². The van der Waals surface area contributed by atoms with Gasteiger partial charge >= 0.3 is 0 Å². The fourth-order valence-corrected chi connectivity index (χ4v) is 9.25. The van der Waals surface area contributed by atoms with Gasteiger partial charge in [-0.2, -0.15) is 0 Å². The Balaban J connectivity index is 1.73. The first-order valence-electron chi connectivity index (χ1n) is 14.4. The summed E-state index contributed by atoms with van der Waals surface area (Å²) in [6.07, 6.45) is 6.60. The lowest BCUT2D eigenvalue weighted by Crippen LogP contribution is -2.55. The SMILES string of the molecule is C=CCN(CCCC)C(=O)C1N(CCO)C(=O)[C@@H]2[C@H](C(=O)N(CC=C)c3ccc(OCC)cc3)[C@]3(C)CCC12S3. The summed E-state index contributed by atoms with van der Waals surface area (Å²) in [5.41, 5.74) is 0.709. The number of aliphatic hydroxyl groups is 1. The Morgan fingerprint density at radius 1 is 1.15 bits per heavy atom. The van der Waals surface area contributed by atoms with Gasteiger partial charge in [-0.25, -0.2) is 0 Å². The van der Waals surface area contributed by atoms with Crippen LogP contribution in [0.25, 0.3) is 0 Å². The number of carbonyl (C=O) groups is 3. The smallest absolute Gasteiger partial charge is 0.247 e.